The third-order valence-corrected chi connectivity index (χ3v) is 4.19. The van der Waals surface area contributed by atoms with E-state index >= 15 is 0 Å². The molecule has 0 amide bonds. The van der Waals surface area contributed by atoms with Crippen LogP contribution in [0.25, 0.3) is 10.8 Å². The minimum Gasteiger partial charge on any atom is -0.871 e. The molecule has 2 N–H and O–H groups in total. The van der Waals surface area contributed by atoms with Crippen LogP contribution < -0.4 is 15.3 Å². The van der Waals surface area contributed by atoms with Gasteiger partial charge in [-0.2, -0.15) is 10.2 Å². The molecule has 8 heteroatoms. The Morgan fingerprint density at radius 1 is 1.00 bits per heavy atom. The van der Waals surface area contributed by atoms with Crippen LogP contribution in [0, 0.1) is 10.1 Å². The van der Waals surface area contributed by atoms with Gasteiger partial charge in [-0.3, -0.25) is 14.6 Å². The third kappa shape index (κ3) is 3.70. The predicted octanol–water partition coefficient (Wildman–Crippen LogP) is 4.02. The topological polar surface area (TPSA) is 117 Å². The van der Waals surface area contributed by atoms with Crippen molar-refractivity contribution in [3.63, 3.8) is 0 Å². The van der Waals surface area contributed by atoms with E-state index in [4.69, 9.17) is 5.73 Å². The summed E-state index contributed by atoms with van der Waals surface area (Å²) in [5.41, 5.74) is 6.83. The summed E-state index contributed by atoms with van der Waals surface area (Å²) >= 11 is 0. The maximum absolute atomic E-state index is 12.4. The summed E-state index contributed by atoms with van der Waals surface area (Å²) in [6, 6.07) is 13.2. The predicted molar refractivity (Wildman–Crippen MR) is 105 cm³/mol. The Bertz CT molecular complexity index is 1070. The molecule has 3 aromatic carbocycles. The number of fused-ring (bicyclic) bond motifs is 1. The first-order valence-electron chi connectivity index (χ1n) is 8.18. The molecule has 3 rings (SSSR count). The van der Waals surface area contributed by atoms with Crippen molar-refractivity contribution in [1.29, 1.82) is 0 Å². The van der Waals surface area contributed by atoms with Gasteiger partial charge in [0.15, 0.2) is 0 Å². The molecule has 0 atom stereocenters. The second-order valence-electron chi connectivity index (χ2n) is 7.03. The van der Waals surface area contributed by atoms with Gasteiger partial charge in [0.25, 0.3) is 5.69 Å². The fourth-order valence-electron chi connectivity index (χ4n) is 2.65. The van der Waals surface area contributed by atoms with Gasteiger partial charge in [-0.1, -0.05) is 17.9 Å². The normalized spacial score (nSPS) is 12.0. The first-order valence-corrected chi connectivity index (χ1v) is 8.18. The van der Waals surface area contributed by atoms with Gasteiger partial charge in [-0.25, -0.2) is 0 Å². The van der Waals surface area contributed by atoms with Crippen LogP contribution >= 0.6 is 0 Å². The number of hydrogen-bond donors (Lipinski definition) is 1. The first kappa shape index (κ1) is 18.3. The minimum atomic E-state index is -0.585. The molecule has 3 aromatic rings. The standard InChI is InChI=1S/C19H19N5O3/c1-24(2,3)14-7-4-12-5-9-18(25)19(15(12)11-14)22-21-13-6-8-16(20)17(10-13)23(26)27/h4-11H,1-3H3,(H2-,20,21,22,25). The van der Waals surface area contributed by atoms with E-state index in [1.807, 2.05) is 39.3 Å². The molecule has 27 heavy (non-hydrogen) atoms. The summed E-state index contributed by atoms with van der Waals surface area (Å²) in [6.45, 7) is 0. The number of hydrogen-bond acceptors (Lipinski definition) is 6. The van der Waals surface area contributed by atoms with Crippen LogP contribution in [0.1, 0.15) is 0 Å². The highest BCUT2D eigenvalue weighted by molar-refractivity contribution is 5.97. The number of quaternary nitrogens is 1. The quantitative estimate of drug-likeness (QED) is 0.247. The molecule has 8 nitrogen and oxygen atoms in total. The number of anilines is 1. The van der Waals surface area contributed by atoms with Gasteiger partial charge in [-0.05, 0) is 29.7 Å². The number of rotatable bonds is 4. The number of nitrogens with two attached hydrogens (primary N) is 1. The zero-order chi connectivity index (χ0) is 19.8. The van der Waals surface area contributed by atoms with Gasteiger partial charge < -0.3 is 10.8 Å². The number of nitrogens with zero attached hydrogens (tertiary/aromatic N) is 4. The number of nitro groups is 1. The van der Waals surface area contributed by atoms with E-state index in [0.29, 0.717) is 9.87 Å². The van der Waals surface area contributed by atoms with Crippen LogP contribution in [0.15, 0.2) is 58.8 Å². The summed E-state index contributed by atoms with van der Waals surface area (Å²) < 4.78 is 0.583. The fraction of sp³-hybridized carbons (Fsp3) is 0.158. The molecule has 0 saturated heterocycles. The Balaban J connectivity index is 2.11. The Hall–Kier alpha value is -3.52. The van der Waals surface area contributed by atoms with Crippen molar-refractivity contribution in [3.8, 4) is 5.75 Å². The van der Waals surface area contributed by atoms with Crippen molar-refractivity contribution in [3.05, 3.63) is 58.6 Å². The summed E-state index contributed by atoms with van der Waals surface area (Å²) in [4.78, 5) is 10.4. The molecule has 0 radical (unpaired) electrons. The number of azo groups is 1. The van der Waals surface area contributed by atoms with Gasteiger partial charge in [0.2, 0.25) is 0 Å². The zero-order valence-corrected chi connectivity index (χ0v) is 15.2. The van der Waals surface area contributed by atoms with Crippen LogP contribution in [-0.2, 0) is 0 Å². The number of nitrogen functional groups attached to an aromatic ring is 1. The second-order valence-corrected chi connectivity index (χ2v) is 7.03. The van der Waals surface area contributed by atoms with Crippen molar-refractivity contribution in [2.75, 3.05) is 26.9 Å². The van der Waals surface area contributed by atoms with Gasteiger partial charge in [0.05, 0.1) is 37.4 Å². The van der Waals surface area contributed by atoms with E-state index in [1.54, 1.807) is 6.07 Å². The van der Waals surface area contributed by atoms with Crippen molar-refractivity contribution >= 4 is 39.2 Å². The van der Waals surface area contributed by atoms with Gasteiger partial charge in [0.1, 0.15) is 11.4 Å². The lowest BCUT2D eigenvalue weighted by Crippen LogP contribution is -2.34. The SMILES string of the molecule is C[N+](C)(C)c1ccc2ccc([O-])c(N=Nc3ccc(N)c([N+](=O)[O-])c3)c2c1. The highest BCUT2D eigenvalue weighted by atomic mass is 16.6. The van der Waals surface area contributed by atoms with Crippen LogP contribution in [-0.4, -0.2) is 26.1 Å². The van der Waals surface area contributed by atoms with Crippen molar-refractivity contribution < 1.29 is 10.0 Å². The molecular formula is C19H19N5O3. The molecule has 0 spiro atoms. The van der Waals surface area contributed by atoms with E-state index in [2.05, 4.69) is 10.2 Å². The second kappa shape index (κ2) is 6.65. The van der Waals surface area contributed by atoms with E-state index in [9.17, 15) is 15.2 Å². The maximum atomic E-state index is 12.4. The Morgan fingerprint density at radius 2 is 1.70 bits per heavy atom. The molecule has 0 saturated carbocycles. The summed E-state index contributed by atoms with van der Waals surface area (Å²) in [5, 5.41) is 33.0. The molecular weight excluding hydrogens is 346 g/mol. The fourth-order valence-corrected chi connectivity index (χ4v) is 2.65. The molecule has 0 unspecified atom stereocenters. The molecule has 0 aliphatic heterocycles. The minimum absolute atomic E-state index is 0.0428. The van der Waals surface area contributed by atoms with E-state index < -0.39 is 4.92 Å². The lowest BCUT2D eigenvalue weighted by Gasteiger charge is -2.24. The molecule has 138 valence electrons. The average Bonchev–Trinajstić information content (AvgIpc) is 2.60. The molecule has 0 fully saturated rings. The lowest BCUT2D eigenvalue weighted by atomic mass is 10.1. The van der Waals surface area contributed by atoms with Gasteiger partial charge >= 0.3 is 0 Å². The Kier molecular flexibility index (Phi) is 4.50. The smallest absolute Gasteiger partial charge is 0.294 e. The van der Waals surface area contributed by atoms with Crippen molar-refractivity contribution in [2.24, 2.45) is 10.2 Å². The molecule has 0 aliphatic rings. The molecule has 0 heterocycles. The summed E-state index contributed by atoms with van der Waals surface area (Å²) in [7, 11) is 6.07. The zero-order valence-electron chi connectivity index (χ0n) is 15.2. The average molecular weight is 365 g/mol. The van der Waals surface area contributed by atoms with Crippen LogP contribution in [0.2, 0.25) is 0 Å². The van der Waals surface area contributed by atoms with Crippen LogP contribution in [0.3, 0.4) is 0 Å². The monoisotopic (exact) mass is 365 g/mol. The van der Waals surface area contributed by atoms with Gasteiger partial charge in [-0.15, -0.1) is 0 Å². The number of nitro benzene ring substituents is 1. The van der Waals surface area contributed by atoms with E-state index in [-0.39, 0.29) is 28.5 Å². The number of benzene rings is 3. The van der Waals surface area contributed by atoms with Crippen molar-refractivity contribution in [1.82, 2.24) is 4.48 Å². The van der Waals surface area contributed by atoms with Crippen LogP contribution in [0.4, 0.5) is 28.4 Å². The van der Waals surface area contributed by atoms with E-state index in [1.165, 1.54) is 24.3 Å². The largest absolute Gasteiger partial charge is 0.871 e. The Labute approximate surface area is 155 Å². The van der Waals surface area contributed by atoms with Crippen LogP contribution in [0.5, 0.6) is 5.75 Å². The highest BCUT2D eigenvalue weighted by Crippen LogP contribution is 2.37. The molecule has 0 aliphatic carbocycles. The Morgan fingerprint density at radius 3 is 2.37 bits per heavy atom. The summed E-state index contributed by atoms with van der Waals surface area (Å²) in [6.07, 6.45) is 0. The molecule has 0 bridgehead atoms. The first-order chi connectivity index (χ1) is 12.7. The molecule has 0 aromatic heterocycles. The van der Waals surface area contributed by atoms with E-state index in [0.717, 1.165) is 11.1 Å². The third-order valence-electron chi connectivity index (χ3n) is 4.19. The lowest BCUT2D eigenvalue weighted by molar-refractivity contribution is -0.383. The van der Waals surface area contributed by atoms with Gasteiger partial charge in [0, 0.05) is 17.5 Å². The van der Waals surface area contributed by atoms with Crippen molar-refractivity contribution in [2.45, 2.75) is 0 Å². The summed E-state index contributed by atoms with van der Waals surface area (Å²) in [5.74, 6) is -0.269. The maximum Gasteiger partial charge on any atom is 0.294 e. The highest BCUT2D eigenvalue weighted by Gasteiger charge is 2.14.